The van der Waals surface area contributed by atoms with Crippen LogP contribution in [0, 0.1) is 5.82 Å². The molecule has 0 aliphatic rings. The number of aryl methyl sites for hydroxylation is 1. The van der Waals surface area contributed by atoms with Crippen LogP contribution in [0.15, 0.2) is 42.6 Å². The first-order valence-corrected chi connectivity index (χ1v) is 6.87. The second kappa shape index (κ2) is 7.33. The summed E-state index contributed by atoms with van der Waals surface area (Å²) in [6, 6.07) is 10.3. The lowest BCUT2D eigenvalue weighted by atomic mass is 10.0. The number of hydrogen-bond acceptors (Lipinski definition) is 3. The molecule has 0 aliphatic carbocycles. The van der Waals surface area contributed by atoms with Gasteiger partial charge in [0.15, 0.2) is 0 Å². The van der Waals surface area contributed by atoms with E-state index in [1.807, 2.05) is 18.2 Å². The Morgan fingerprint density at radius 1 is 1.30 bits per heavy atom. The normalized spacial score (nSPS) is 12.3. The van der Waals surface area contributed by atoms with Crippen molar-refractivity contribution in [2.75, 3.05) is 0 Å². The van der Waals surface area contributed by atoms with Crippen LogP contribution in [-0.2, 0) is 12.8 Å². The molecule has 0 aliphatic heterocycles. The monoisotopic (exact) mass is 293 g/mol. The highest BCUT2D eigenvalue weighted by atomic mass is 35.5. The summed E-state index contributed by atoms with van der Waals surface area (Å²) in [4.78, 5) is 4.26. The van der Waals surface area contributed by atoms with Gasteiger partial charge in [0, 0.05) is 23.0 Å². The summed E-state index contributed by atoms with van der Waals surface area (Å²) < 4.78 is 13.7. The molecule has 0 saturated carbocycles. The lowest BCUT2D eigenvalue weighted by Gasteiger charge is -2.16. The molecule has 20 heavy (non-hydrogen) atoms. The van der Waals surface area contributed by atoms with Gasteiger partial charge in [-0.05, 0) is 55.2 Å². The second-order valence-electron chi connectivity index (χ2n) is 4.66. The zero-order valence-electron chi connectivity index (χ0n) is 11.0. The molecule has 0 bridgehead atoms. The Morgan fingerprint density at radius 3 is 2.85 bits per heavy atom. The lowest BCUT2D eigenvalue weighted by Crippen LogP contribution is -2.37. The molecule has 1 atom stereocenters. The Labute approximate surface area is 122 Å². The highest BCUT2D eigenvalue weighted by Crippen LogP contribution is 2.17. The highest BCUT2D eigenvalue weighted by Gasteiger charge is 2.12. The SMILES string of the molecule is NNC(CCc1ccccn1)Cc1cc(Cl)ccc1F. The van der Waals surface area contributed by atoms with Crippen molar-refractivity contribution in [1.82, 2.24) is 10.4 Å². The second-order valence-corrected chi connectivity index (χ2v) is 5.10. The molecule has 0 amide bonds. The van der Waals surface area contributed by atoms with E-state index in [1.54, 1.807) is 18.3 Å². The van der Waals surface area contributed by atoms with E-state index >= 15 is 0 Å². The smallest absolute Gasteiger partial charge is 0.126 e. The number of nitrogens with one attached hydrogen (secondary N) is 1. The third-order valence-electron chi connectivity index (χ3n) is 3.18. The van der Waals surface area contributed by atoms with Crippen LogP contribution in [-0.4, -0.2) is 11.0 Å². The first-order chi connectivity index (χ1) is 9.69. The van der Waals surface area contributed by atoms with Crippen LogP contribution in [0.2, 0.25) is 5.02 Å². The summed E-state index contributed by atoms with van der Waals surface area (Å²) in [7, 11) is 0. The number of rotatable bonds is 6. The number of nitrogens with zero attached hydrogens (tertiary/aromatic N) is 1. The van der Waals surface area contributed by atoms with Crippen molar-refractivity contribution in [3.05, 3.63) is 64.7 Å². The Hall–Kier alpha value is -1.49. The van der Waals surface area contributed by atoms with Gasteiger partial charge in [0.25, 0.3) is 0 Å². The van der Waals surface area contributed by atoms with Gasteiger partial charge in [-0.2, -0.15) is 0 Å². The Bertz CT molecular complexity index is 548. The van der Waals surface area contributed by atoms with Crippen LogP contribution in [0.4, 0.5) is 4.39 Å². The van der Waals surface area contributed by atoms with Gasteiger partial charge in [0.2, 0.25) is 0 Å². The number of aromatic nitrogens is 1. The van der Waals surface area contributed by atoms with Gasteiger partial charge >= 0.3 is 0 Å². The molecular formula is C15H17ClFN3. The molecule has 5 heteroatoms. The molecule has 1 unspecified atom stereocenters. The van der Waals surface area contributed by atoms with Crippen molar-refractivity contribution < 1.29 is 4.39 Å². The minimum atomic E-state index is -0.257. The quantitative estimate of drug-likeness (QED) is 0.636. The molecule has 3 N–H and O–H groups in total. The van der Waals surface area contributed by atoms with Gasteiger partial charge in [0.05, 0.1) is 0 Å². The van der Waals surface area contributed by atoms with E-state index in [1.165, 1.54) is 6.07 Å². The minimum Gasteiger partial charge on any atom is -0.271 e. The van der Waals surface area contributed by atoms with E-state index in [-0.39, 0.29) is 11.9 Å². The number of benzene rings is 1. The predicted octanol–water partition coefficient (Wildman–Crippen LogP) is 2.88. The third-order valence-corrected chi connectivity index (χ3v) is 3.42. The van der Waals surface area contributed by atoms with E-state index in [0.717, 1.165) is 18.5 Å². The summed E-state index contributed by atoms with van der Waals surface area (Å²) in [5.74, 6) is 5.29. The number of halogens is 2. The van der Waals surface area contributed by atoms with Crippen molar-refractivity contribution in [3.8, 4) is 0 Å². The Balaban J connectivity index is 1.97. The van der Waals surface area contributed by atoms with E-state index < -0.39 is 0 Å². The predicted molar refractivity (Wildman–Crippen MR) is 78.8 cm³/mol. The Kier molecular flexibility index (Phi) is 5.47. The summed E-state index contributed by atoms with van der Waals surface area (Å²) in [5.41, 5.74) is 4.30. The molecule has 1 heterocycles. The zero-order valence-corrected chi connectivity index (χ0v) is 11.8. The summed E-state index contributed by atoms with van der Waals surface area (Å²) >= 11 is 5.89. The molecule has 0 spiro atoms. The van der Waals surface area contributed by atoms with Gasteiger partial charge < -0.3 is 0 Å². The van der Waals surface area contributed by atoms with E-state index in [9.17, 15) is 4.39 Å². The van der Waals surface area contributed by atoms with E-state index in [0.29, 0.717) is 17.0 Å². The van der Waals surface area contributed by atoms with Crippen LogP contribution in [0.25, 0.3) is 0 Å². The van der Waals surface area contributed by atoms with Crippen LogP contribution in [0.1, 0.15) is 17.7 Å². The van der Waals surface area contributed by atoms with Gasteiger partial charge in [0.1, 0.15) is 5.82 Å². The van der Waals surface area contributed by atoms with Crippen LogP contribution in [0.3, 0.4) is 0 Å². The summed E-state index contributed by atoms with van der Waals surface area (Å²) in [6.07, 6.45) is 3.82. The van der Waals surface area contributed by atoms with Gasteiger partial charge in [-0.1, -0.05) is 17.7 Å². The molecule has 2 rings (SSSR count). The molecule has 0 fully saturated rings. The van der Waals surface area contributed by atoms with Crippen molar-refractivity contribution >= 4 is 11.6 Å². The van der Waals surface area contributed by atoms with Crippen molar-refractivity contribution in [3.63, 3.8) is 0 Å². The summed E-state index contributed by atoms with van der Waals surface area (Å²) in [6.45, 7) is 0. The number of nitrogens with two attached hydrogens (primary N) is 1. The fourth-order valence-electron chi connectivity index (χ4n) is 2.08. The summed E-state index contributed by atoms with van der Waals surface area (Å²) in [5, 5.41) is 0.530. The topological polar surface area (TPSA) is 50.9 Å². The number of hydrogen-bond donors (Lipinski definition) is 2. The van der Waals surface area contributed by atoms with Gasteiger partial charge in [-0.3, -0.25) is 16.3 Å². The van der Waals surface area contributed by atoms with Crippen LogP contribution >= 0.6 is 11.6 Å². The number of pyridine rings is 1. The first-order valence-electron chi connectivity index (χ1n) is 6.49. The fourth-order valence-corrected chi connectivity index (χ4v) is 2.27. The molecule has 0 radical (unpaired) electrons. The van der Waals surface area contributed by atoms with Crippen LogP contribution in [0.5, 0.6) is 0 Å². The van der Waals surface area contributed by atoms with Crippen molar-refractivity contribution in [2.24, 2.45) is 5.84 Å². The van der Waals surface area contributed by atoms with Gasteiger partial charge in [-0.15, -0.1) is 0 Å². The molecule has 0 saturated heterocycles. The van der Waals surface area contributed by atoms with Gasteiger partial charge in [-0.25, -0.2) is 4.39 Å². The van der Waals surface area contributed by atoms with E-state index in [4.69, 9.17) is 17.4 Å². The lowest BCUT2D eigenvalue weighted by molar-refractivity contribution is 0.478. The molecule has 1 aromatic heterocycles. The molecule has 106 valence electrons. The maximum Gasteiger partial charge on any atom is 0.126 e. The minimum absolute atomic E-state index is 0.0232. The molecular weight excluding hydrogens is 277 g/mol. The average molecular weight is 294 g/mol. The largest absolute Gasteiger partial charge is 0.271 e. The average Bonchev–Trinajstić information content (AvgIpc) is 2.48. The van der Waals surface area contributed by atoms with E-state index in [2.05, 4.69) is 10.4 Å². The van der Waals surface area contributed by atoms with Crippen molar-refractivity contribution in [2.45, 2.75) is 25.3 Å². The Morgan fingerprint density at radius 2 is 2.15 bits per heavy atom. The fraction of sp³-hybridized carbons (Fsp3) is 0.267. The molecule has 1 aromatic carbocycles. The molecule has 2 aromatic rings. The molecule has 3 nitrogen and oxygen atoms in total. The van der Waals surface area contributed by atoms with Crippen LogP contribution < -0.4 is 11.3 Å². The maximum absolute atomic E-state index is 13.7. The highest BCUT2D eigenvalue weighted by molar-refractivity contribution is 6.30. The third kappa shape index (κ3) is 4.27. The van der Waals surface area contributed by atoms with Crippen molar-refractivity contribution in [1.29, 1.82) is 0 Å². The zero-order chi connectivity index (χ0) is 14.4. The number of hydrazine groups is 1. The standard InChI is InChI=1S/C15H17ClFN3/c16-12-4-7-15(17)11(9-12)10-14(20-18)6-5-13-3-1-2-8-19-13/h1-4,7-9,14,20H,5-6,10,18H2. The maximum atomic E-state index is 13.7. The first kappa shape index (κ1) is 14.9.